The molecular weight excluding hydrogens is 262 g/mol. The standard InChI is InChI=1S/C10H14BrNOS/c11-9-5-8(6-14-9)10(12)7-1-3-13-4-2-7/h5-7,10H,1-4,12H2. The number of halogens is 1. The minimum atomic E-state index is 0.182. The molecule has 1 saturated heterocycles. The van der Waals surface area contributed by atoms with Gasteiger partial charge in [-0.3, -0.25) is 0 Å². The molecule has 0 saturated carbocycles. The molecule has 0 spiro atoms. The molecule has 2 nitrogen and oxygen atoms in total. The first-order valence-corrected chi connectivity index (χ1v) is 6.52. The molecule has 0 aromatic carbocycles. The Morgan fingerprint density at radius 3 is 2.79 bits per heavy atom. The number of hydrogen-bond acceptors (Lipinski definition) is 3. The maximum Gasteiger partial charge on any atom is 0.0701 e. The van der Waals surface area contributed by atoms with Crippen LogP contribution < -0.4 is 5.73 Å². The van der Waals surface area contributed by atoms with Gasteiger partial charge < -0.3 is 10.5 Å². The molecular formula is C10H14BrNOS. The highest BCUT2D eigenvalue weighted by Gasteiger charge is 2.22. The van der Waals surface area contributed by atoms with E-state index in [-0.39, 0.29) is 6.04 Å². The lowest BCUT2D eigenvalue weighted by Gasteiger charge is -2.27. The zero-order chi connectivity index (χ0) is 9.97. The average Bonchev–Trinajstić information content (AvgIpc) is 2.65. The van der Waals surface area contributed by atoms with Crippen LogP contribution in [-0.2, 0) is 4.74 Å². The van der Waals surface area contributed by atoms with Gasteiger partial charge in [-0.15, -0.1) is 11.3 Å². The van der Waals surface area contributed by atoms with E-state index in [4.69, 9.17) is 10.5 Å². The van der Waals surface area contributed by atoms with Gasteiger partial charge in [-0.25, -0.2) is 0 Å². The van der Waals surface area contributed by atoms with Gasteiger partial charge in [-0.2, -0.15) is 0 Å². The Balaban J connectivity index is 2.03. The molecule has 1 aliphatic heterocycles. The van der Waals surface area contributed by atoms with Crippen molar-refractivity contribution in [2.24, 2.45) is 11.7 Å². The summed E-state index contributed by atoms with van der Waals surface area (Å²) in [5.41, 5.74) is 7.47. The monoisotopic (exact) mass is 275 g/mol. The van der Waals surface area contributed by atoms with Gasteiger partial charge in [0.2, 0.25) is 0 Å². The fourth-order valence-corrected chi connectivity index (χ4v) is 3.07. The first-order chi connectivity index (χ1) is 6.77. The second-order valence-electron chi connectivity index (χ2n) is 3.66. The molecule has 2 rings (SSSR count). The zero-order valence-corrected chi connectivity index (χ0v) is 10.3. The van der Waals surface area contributed by atoms with E-state index in [9.17, 15) is 0 Å². The number of rotatable bonds is 2. The van der Waals surface area contributed by atoms with E-state index in [2.05, 4.69) is 27.4 Å². The maximum atomic E-state index is 6.21. The Morgan fingerprint density at radius 1 is 1.50 bits per heavy atom. The van der Waals surface area contributed by atoms with Crippen molar-refractivity contribution in [3.63, 3.8) is 0 Å². The van der Waals surface area contributed by atoms with E-state index < -0.39 is 0 Å². The first kappa shape index (κ1) is 10.6. The predicted octanol–water partition coefficient (Wildman–Crippen LogP) is 2.94. The van der Waals surface area contributed by atoms with Crippen LogP contribution in [-0.4, -0.2) is 13.2 Å². The highest BCUT2D eigenvalue weighted by atomic mass is 79.9. The first-order valence-electron chi connectivity index (χ1n) is 4.84. The van der Waals surface area contributed by atoms with Gasteiger partial charge in [0.05, 0.1) is 3.79 Å². The van der Waals surface area contributed by atoms with Crippen LogP contribution in [0.15, 0.2) is 15.2 Å². The van der Waals surface area contributed by atoms with Crippen LogP contribution in [0.25, 0.3) is 0 Å². The summed E-state index contributed by atoms with van der Waals surface area (Å²) in [7, 11) is 0. The van der Waals surface area contributed by atoms with Crippen LogP contribution >= 0.6 is 27.3 Å². The van der Waals surface area contributed by atoms with Crippen LogP contribution in [0.5, 0.6) is 0 Å². The van der Waals surface area contributed by atoms with Crippen LogP contribution in [0, 0.1) is 5.92 Å². The lowest BCUT2D eigenvalue weighted by atomic mass is 9.89. The lowest BCUT2D eigenvalue weighted by Crippen LogP contribution is -2.27. The highest BCUT2D eigenvalue weighted by molar-refractivity contribution is 9.11. The third-order valence-electron chi connectivity index (χ3n) is 2.75. The number of thiophene rings is 1. The Labute approximate surface area is 96.6 Å². The minimum Gasteiger partial charge on any atom is -0.381 e. The quantitative estimate of drug-likeness (QED) is 0.901. The van der Waals surface area contributed by atoms with Gasteiger partial charge in [0.15, 0.2) is 0 Å². The molecule has 1 aliphatic rings. The Bertz CT molecular complexity index is 296. The van der Waals surface area contributed by atoms with E-state index in [0.717, 1.165) is 29.8 Å². The molecule has 0 bridgehead atoms. The van der Waals surface area contributed by atoms with Crippen LogP contribution in [0.1, 0.15) is 24.4 Å². The lowest BCUT2D eigenvalue weighted by molar-refractivity contribution is 0.0584. The fraction of sp³-hybridized carbons (Fsp3) is 0.600. The number of nitrogens with two attached hydrogens (primary N) is 1. The maximum absolute atomic E-state index is 6.21. The van der Waals surface area contributed by atoms with Crippen molar-refractivity contribution in [1.82, 2.24) is 0 Å². The van der Waals surface area contributed by atoms with Crippen LogP contribution in [0.4, 0.5) is 0 Å². The van der Waals surface area contributed by atoms with Gasteiger partial charge in [0, 0.05) is 19.3 Å². The van der Waals surface area contributed by atoms with Crippen molar-refractivity contribution in [1.29, 1.82) is 0 Å². The van der Waals surface area contributed by atoms with E-state index >= 15 is 0 Å². The largest absolute Gasteiger partial charge is 0.381 e. The van der Waals surface area contributed by atoms with E-state index in [0.29, 0.717) is 5.92 Å². The van der Waals surface area contributed by atoms with E-state index in [1.165, 1.54) is 5.56 Å². The number of hydrogen-bond donors (Lipinski definition) is 1. The molecule has 4 heteroatoms. The third kappa shape index (κ3) is 2.37. The second kappa shape index (κ2) is 4.75. The average molecular weight is 276 g/mol. The molecule has 1 aromatic rings. The molecule has 78 valence electrons. The molecule has 1 aromatic heterocycles. The molecule has 2 heterocycles. The smallest absolute Gasteiger partial charge is 0.0701 e. The summed E-state index contributed by atoms with van der Waals surface area (Å²) >= 11 is 5.16. The molecule has 2 N–H and O–H groups in total. The zero-order valence-electron chi connectivity index (χ0n) is 7.91. The van der Waals surface area contributed by atoms with E-state index in [1.54, 1.807) is 11.3 Å². The summed E-state index contributed by atoms with van der Waals surface area (Å²) < 4.78 is 6.49. The van der Waals surface area contributed by atoms with Gasteiger partial charge in [0.1, 0.15) is 0 Å². The van der Waals surface area contributed by atoms with Crippen molar-refractivity contribution < 1.29 is 4.74 Å². The highest BCUT2D eigenvalue weighted by Crippen LogP contribution is 2.32. The Morgan fingerprint density at radius 2 is 2.21 bits per heavy atom. The van der Waals surface area contributed by atoms with Gasteiger partial charge in [-0.1, -0.05) is 0 Å². The van der Waals surface area contributed by atoms with Gasteiger partial charge in [-0.05, 0) is 51.7 Å². The van der Waals surface area contributed by atoms with Gasteiger partial charge >= 0.3 is 0 Å². The van der Waals surface area contributed by atoms with Crippen molar-refractivity contribution >= 4 is 27.3 Å². The summed E-state index contributed by atoms with van der Waals surface area (Å²) in [4.78, 5) is 0. The van der Waals surface area contributed by atoms with Crippen molar-refractivity contribution in [3.8, 4) is 0 Å². The topological polar surface area (TPSA) is 35.2 Å². The Hall–Kier alpha value is 0.1000. The van der Waals surface area contributed by atoms with Crippen molar-refractivity contribution in [2.75, 3.05) is 13.2 Å². The predicted molar refractivity (Wildman–Crippen MR) is 62.5 cm³/mol. The molecule has 0 amide bonds. The fourth-order valence-electron chi connectivity index (χ4n) is 1.85. The van der Waals surface area contributed by atoms with Crippen molar-refractivity contribution in [3.05, 3.63) is 20.8 Å². The van der Waals surface area contributed by atoms with Gasteiger partial charge in [0.25, 0.3) is 0 Å². The normalized spacial score (nSPS) is 21.0. The summed E-state index contributed by atoms with van der Waals surface area (Å²) in [5, 5.41) is 2.14. The molecule has 0 aliphatic carbocycles. The van der Waals surface area contributed by atoms with E-state index in [1.807, 2.05) is 0 Å². The summed E-state index contributed by atoms with van der Waals surface area (Å²) in [6.45, 7) is 1.73. The summed E-state index contributed by atoms with van der Waals surface area (Å²) in [5.74, 6) is 0.588. The minimum absolute atomic E-state index is 0.182. The molecule has 1 fully saturated rings. The van der Waals surface area contributed by atoms with Crippen molar-refractivity contribution in [2.45, 2.75) is 18.9 Å². The SMILES string of the molecule is NC(c1csc(Br)c1)C1CCOCC1. The second-order valence-corrected chi connectivity index (χ2v) is 5.95. The van der Waals surface area contributed by atoms with Crippen LogP contribution in [0.3, 0.4) is 0 Å². The third-order valence-corrected chi connectivity index (χ3v) is 4.27. The Kier molecular flexibility index (Phi) is 3.60. The molecule has 1 unspecified atom stereocenters. The number of ether oxygens (including phenoxy) is 1. The van der Waals surface area contributed by atoms with Crippen LogP contribution in [0.2, 0.25) is 0 Å². The molecule has 0 radical (unpaired) electrons. The molecule has 1 atom stereocenters. The summed E-state index contributed by atoms with van der Waals surface area (Å²) in [6, 6.07) is 2.31. The molecule has 14 heavy (non-hydrogen) atoms. The summed E-state index contributed by atoms with van der Waals surface area (Å²) in [6.07, 6.45) is 2.18.